The Kier molecular flexibility index (Phi) is 6.47. The zero-order chi connectivity index (χ0) is 21.6. The summed E-state index contributed by atoms with van der Waals surface area (Å²) < 4.78 is 43.0. The first kappa shape index (κ1) is 21.0. The summed E-state index contributed by atoms with van der Waals surface area (Å²) in [6, 6.07) is 21.1. The minimum absolute atomic E-state index is 0.199. The summed E-state index contributed by atoms with van der Waals surface area (Å²) in [5.74, 6) is -1.20. The van der Waals surface area contributed by atoms with Crippen molar-refractivity contribution in [3.05, 3.63) is 102 Å². The molecule has 3 rings (SSSR count). The molecule has 0 aliphatic heterocycles. The molecular formula is C24H17F3O3. The van der Waals surface area contributed by atoms with E-state index in [-0.39, 0.29) is 11.3 Å². The van der Waals surface area contributed by atoms with Gasteiger partial charge in [0.15, 0.2) is 12.4 Å². The number of Topliss-reactive ketones (excluding diaryl/α,β-unsaturated/α-hetero) is 1. The van der Waals surface area contributed by atoms with E-state index in [4.69, 9.17) is 4.74 Å². The molecule has 0 saturated carbocycles. The van der Waals surface area contributed by atoms with Crippen molar-refractivity contribution in [2.45, 2.75) is 6.18 Å². The van der Waals surface area contributed by atoms with E-state index in [9.17, 15) is 22.8 Å². The molecule has 0 N–H and O–H groups in total. The van der Waals surface area contributed by atoms with Gasteiger partial charge in [-0.25, -0.2) is 4.79 Å². The number of esters is 1. The number of alkyl halides is 3. The predicted molar refractivity (Wildman–Crippen MR) is 108 cm³/mol. The van der Waals surface area contributed by atoms with Gasteiger partial charge in [0, 0.05) is 11.6 Å². The first-order valence-electron chi connectivity index (χ1n) is 9.04. The Morgan fingerprint density at radius 3 is 2.17 bits per heavy atom. The predicted octanol–water partition coefficient (Wildman–Crippen LogP) is 5.81. The van der Waals surface area contributed by atoms with Crippen LogP contribution < -0.4 is 0 Å². The Morgan fingerprint density at radius 2 is 1.50 bits per heavy atom. The van der Waals surface area contributed by atoms with Gasteiger partial charge in [0.1, 0.15) is 0 Å². The van der Waals surface area contributed by atoms with Crippen LogP contribution in [0.15, 0.2) is 84.9 Å². The van der Waals surface area contributed by atoms with Crippen LogP contribution in [0.25, 0.3) is 17.2 Å². The van der Waals surface area contributed by atoms with Crippen LogP contribution in [0.2, 0.25) is 0 Å². The fourth-order valence-electron chi connectivity index (χ4n) is 2.73. The molecule has 0 spiro atoms. The molecule has 3 aromatic carbocycles. The van der Waals surface area contributed by atoms with Crippen molar-refractivity contribution < 1.29 is 27.5 Å². The maximum Gasteiger partial charge on any atom is 0.416 e. The molecule has 0 unspecified atom stereocenters. The number of benzene rings is 3. The van der Waals surface area contributed by atoms with Crippen LogP contribution in [-0.4, -0.2) is 18.4 Å². The highest BCUT2D eigenvalue weighted by molar-refractivity contribution is 5.99. The monoisotopic (exact) mass is 410 g/mol. The Labute approximate surface area is 171 Å². The summed E-state index contributed by atoms with van der Waals surface area (Å²) in [5.41, 5.74) is 1.75. The Balaban J connectivity index is 1.56. The number of hydrogen-bond acceptors (Lipinski definition) is 3. The van der Waals surface area contributed by atoms with Crippen LogP contribution in [-0.2, 0) is 15.7 Å². The van der Waals surface area contributed by atoms with E-state index in [0.717, 1.165) is 29.3 Å². The van der Waals surface area contributed by atoms with Crippen LogP contribution in [0.3, 0.4) is 0 Å². The summed E-state index contributed by atoms with van der Waals surface area (Å²) in [7, 11) is 0. The number of rotatable bonds is 6. The molecule has 0 fully saturated rings. The van der Waals surface area contributed by atoms with Crippen LogP contribution in [0.1, 0.15) is 21.5 Å². The highest BCUT2D eigenvalue weighted by atomic mass is 19.4. The van der Waals surface area contributed by atoms with Crippen molar-refractivity contribution in [2.75, 3.05) is 6.61 Å². The number of carbonyl (C=O) groups is 2. The molecule has 152 valence electrons. The Hall–Kier alpha value is -3.67. The molecule has 0 heterocycles. The molecule has 3 nitrogen and oxygen atoms in total. The Morgan fingerprint density at radius 1 is 0.833 bits per heavy atom. The first-order chi connectivity index (χ1) is 14.3. The fraction of sp³-hybridized carbons (Fsp3) is 0.0833. The summed E-state index contributed by atoms with van der Waals surface area (Å²) in [4.78, 5) is 24.0. The van der Waals surface area contributed by atoms with Gasteiger partial charge in [-0.05, 0) is 34.9 Å². The quantitative estimate of drug-likeness (QED) is 0.293. The van der Waals surface area contributed by atoms with E-state index in [2.05, 4.69) is 0 Å². The summed E-state index contributed by atoms with van der Waals surface area (Å²) in [5, 5.41) is 0. The van der Waals surface area contributed by atoms with E-state index in [1.807, 2.05) is 30.3 Å². The van der Waals surface area contributed by atoms with Crippen molar-refractivity contribution in [1.29, 1.82) is 0 Å². The summed E-state index contributed by atoms with van der Waals surface area (Å²) in [6.07, 6.45) is -2.27. The van der Waals surface area contributed by atoms with Gasteiger partial charge in [-0.3, -0.25) is 4.79 Å². The van der Waals surface area contributed by atoms with Crippen molar-refractivity contribution in [1.82, 2.24) is 0 Å². The van der Waals surface area contributed by atoms with Crippen molar-refractivity contribution >= 4 is 17.8 Å². The summed E-state index contributed by atoms with van der Waals surface area (Å²) in [6.45, 7) is -0.462. The largest absolute Gasteiger partial charge is 0.454 e. The highest BCUT2D eigenvalue weighted by Gasteiger charge is 2.30. The van der Waals surface area contributed by atoms with Crippen LogP contribution in [0, 0.1) is 0 Å². The van der Waals surface area contributed by atoms with E-state index >= 15 is 0 Å². The van der Waals surface area contributed by atoms with Gasteiger partial charge in [-0.1, -0.05) is 66.7 Å². The second-order valence-corrected chi connectivity index (χ2v) is 6.43. The molecule has 0 radical (unpaired) electrons. The molecule has 0 aliphatic carbocycles. The zero-order valence-electron chi connectivity index (χ0n) is 15.7. The summed E-state index contributed by atoms with van der Waals surface area (Å²) >= 11 is 0. The van der Waals surface area contributed by atoms with Gasteiger partial charge in [0.25, 0.3) is 0 Å². The normalized spacial score (nSPS) is 11.4. The third-order valence-corrected chi connectivity index (χ3v) is 4.29. The zero-order valence-corrected chi connectivity index (χ0v) is 15.7. The Bertz CT molecular complexity index is 1050. The fourth-order valence-corrected chi connectivity index (χ4v) is 2.73. The lowest BCUT2D eigenvalue weighted by molar-refractivity contribution is -0.138. The number of carbonyl (C=O) groups excluding carboxylic acids is 2. The second-order valence-electron chi connectivity index (χ2n) is 6.43. The minimum Gasteiger partial charge on any atom is -0.454 e. The lowest BCUT2D eigenvalue weighted by Crippen LogP contribution is -2.12. The van der Waals surface area contributed by atoms with E-state index < -0.39 is 24.3 Å². The highest BCUT2D eigenvalue weighted by Crippen LogP contribution is 2.29. The molecule has 0 atom stereocenters. The maximum absolute atomic E-state index is 12.7. The smallest absolute Gasteiger partial charge is 0.416 e. The molecule has 0 aliphatic rings. The molecular weight excluding hydrogens is 393 g/mol. The maximum atomic E-state index is 12.7. The van der Waals surface area contributed by atoms with Gasteiger partial charge in [-0.2, -0.15) is 13.2 Å². The topological polar surface area (TPSA) is 43.4 Å². The number of hydrogen-bond donors (Lipinski definition) is 0. The second kappa shape index (κ2) is 9.22. The van der Waals surface area contributed by atoms with E-state index in [1.165, 1.54) is 18.2 Å². The van der Waals surface area contributed by atoms with Gasteiger partial charge in [0.05, 0.1) is 5.56 Å². The number of halogens is 3. The van der Waals surface area contributed by atoms with Crippen molar-refractivity contribution in [2.24, 2.45) is 0 Å². The molecule has 0 saturated heterocycles. The lowest BCUT2D eigenvalue weighted by Gasteiger charge is -2.06. The third kappa shape index (κ3) is 5.67. The molecule has 30 heavy (non-hydrogen) atoms. The van der Waals surface area contributed by atoms with Crippen molar-refractivity contribution in [3.8, 4) is 11.1 Å². The standard InChI is InChI=1S/C24H17F3O3/c25-24(26,27)21-8-4-5-17(15-21)9-14-23(29)30-16-22(28)20-12-10-19(11-13-20)18-6-2-1-3-7-18/h1-15H,16H2. The molecule has 6 heteroatoms. The average molecular weight is 410 g/mol. The third-order valence-electron chi connectivity index (χ3n) is 4.29. The minimum atomic E-state index is -4.47. The van der Waals surface area contributed by atoms with Gasteiger partial charge in [0.2, 0.25) is 0 Å². The number of ketones is 1. The van der Waals surface area contributed by atoms with Gasteiger partial charge >= 0.3 is 12.1 Å². The van der Waals surface area contributed by atoms with E-state index in [0.29, 0.717) is 5.56 Å². The van der Waals surface area contributed by atoms with Gasteiger partial charge < -0.3 is 4.74 Å². The molecule has 3 aromatic rings. The van der Waals surface area contributed by atoms with Gasteiger partial charge in [-0.15, -0.1) is 0 Å². The first-order valence-corrected chi connectivity index (χ1v) is 9.04. The van der Waals surface area contributed by atoms with E-state index in [1.54, 1.807) is 24.3 Å². The lowest BCUT2D eigenvalue weighted by atomic mass is 10.0. The van der Waals surface area contributed by atoms with Crippen molar-refractivity contribution in [3.63, 3.8) is 0 Å². The number of ether oxygens (including phenoxy) is 1. The average Bonchev–Trinajstić information content (AvgIpc) is 2.76. The SMILES string of the molecule is O=C(C=Cc1cccc(C(F)(F)F)c1)OCC(=O)c1ccc(-c2ccccc2)cc1. The molecule has 0 aromatic heterocycles. The molecule has 0 bridgehead atoms. The molecule has 0 amide bonds. The van der Waals surface area contributed by atoms with Crippen LogP contribution in [0.4, 0.5) is 13.2 Å². The van der Waals surface area contributed by atoms with Crippen LogP contribution in [0.5, 0.6) is 0 Å². The van der Waals surface area contributed by atoms with Crippen LogP contribution >= 0.6 is 0 Å².